The second-order valence-corrected chi connectivity index (χ2v) is 6.70. The maximum Gasteiger partial charge on any atom is 0.129 e. The van der Waals surface area contributed by atoms with Crippen LogP contribution in [0.1, 0.15) is 27.8 Å². The summed E-state index contributed by atoms with van der Waals surface area (Å²) in [6, 6.07) is 26.0. The summed E-state index contributed by atoms with van der Waals surface area (Å²) in [5.41, 5.74) is 6.22. The lowest BCUT2D eigenvalue weighted by molar-refractivity contribution is 0.409. The Morgan fingerprint density at radius 1 is 0.800 bits per heavy atom. The van der Waals surface area contributed by atoms with Gasteiger partial charge in [-0.1, -0.05) is 84.9 Å². The first-order valence-corrected chi connectivity index (χ1v) is 8.71. The second-order valence-electron chi connectivity index (χ2n) is 6.70. The highest BCUT2D eigenvalue weighted by atomic mass is 16.5. The zero-order valence-electron chi connectivity index (χ0n) is 14.7. The quantitative estimate of drug-likeness (QED) is 0.612. The van der Waals surface area contributed by atoms with E-state index in [9.17, 15) is 0 Å². The molecule has 0 radical (unpaired) electrons. The number of methoxy groups -OCH3 is 1. The molecule has 0 fully saturated rings. The van der Waals surface area contributed by atoms with Crippen LogP contribution < -0.4 is 4.74 Å². The van der Waals surface area contributed by atoms with Gasteiger partial charge in [0.05, 0.1) is 7.11 Å². The predicted molar refractivity (Wildman–Crippen MR) is 104 cm³/mol. The van der Waals surface area contributed by atoms with Gasteiger partial charge in [0.25, 0.3) is 0 Å². The monoisotopic (exact) mass is 326 g/mol. The van der Waals surface area contributed by atoms with Gasteiger partial charge in [-0.2, -0.15) is 0 Å². The normalized spacial score (nSPS) is 14.8. The summed E-state index contributed by atoms with van der Waals surface area (Å²) in [6.45, 7) is 2.10. The molecule has 0 spiro atoms. The van der Waals surface area contributed by atoms with E-state index in [1.807, 2.05) is 0 Å². The minimum atomic E-state index is -0.143. The van der Waals surface area contributed by atoms with E-state index in [0.29, 0.717) is 0 Å². The molecule has 0 heterocycles. The molecule has 0 aromatic heterocycles. The fraction of sp³-hybridized carbons (Fsp3) is 0.167. The molecule has 1 aliphatic carbocycles. The molecule has 3 aromatic rings. The van der Waals surface area contributed by atoms with Crippen LogP contribution in [0.2, 0.25) is 0 Å². The molecule has 25 heavy (non-hydrogen) atoms. The molecule has 0 N–H and O–H groups in total. The molecule has 0 unspecified atom stereocenters. The SMILES string of the molecule is COc1c(C)ccc2c1C=CC(c1ccccc1)(c1ccccc1)C2. The zero-order valence-corrected chi connectivity index (χ0v) is 14.7. The van der Waals surface area contributed by atoms with Gasteiger partial charge in [-0.05, 0) is 35.6 Å². The first-order valence-electron chi connectivity index (χ1n) is 8.71. The van der Waals surface area contributed by atoms with Crippen molar-refractivity contribution in [2.24, 2.45) is 0 Å². The predicted octanol–water partition coefficient (Wildman–Crippen LogP) is 5.56. The number of fused-ring (bicyclic) bond motifs is 1. The summed E-state index contributed by atoms with van der Waals surface area (Å²) in [5.74, 6) is 0.989. The van der Waals surface area contributed by atoms with E-state index in [1.54, 1.807) is 7.11 Å². The third kappa shape index (κ3) is 2.56. The van der Waals surface area contributed by atoms with Crippen molar-refractivity contribution in [2.45, 2.75) is 18.8 Å². The summed E-state index contributed by atoms with van der Waals surface area (Å²) in [5, 5.41) is 0. The summed E-state index contributed by atoms with van der Waals surface area (Å²) >= 11 is 0. The van der Waals surface area contributed by atoms with Crippen molar-refractivity contribution in [3.05, 3.63) is 107 Å². The van der Waals surface area contributed by atoms with E-state index in [1.165, 1.54) is 27.8 Å². The van der Waals surface area contributed by atoms with Gasteiger partial charge in [0.2, 0.25) is 0 Å². The van der Waals surface area contributed by atoms with Crippen molar-refractivity contribution >= 4 is 6.08 Å². The Bertz CT molecular complexity index is 868. The van der Waals surface area contributed by atoms with Crippen molar-refractivity contribution in [1.82, 2.24) is 0 Å². The Hall–Kier alpha value is -2.80. The highest BCUT2D eigenvalue weighted by Gasteiger charge is 2.35. The third-order valence-electron chi connectivity index (χ3n) is 5.27. The maximum atomic E-state index is 5.67. The molecular formula is C24H22O. The van der Waals surface area contributed by atoms with Crippen molar-refractivity contribution in [3.8, 4) is 5.75 Å². The van der Waals surface area contributed by atoms with Crippen molar-refractivity contribution in [2.75, 3.05) is 7.11 Å². The standard InChI is InChI=1S/C24H22O/c1-18-13-14-19-17-24(20-9-5-3-6-10-20,21-11-7-4-8-12-21)16-15-22(19)23(18)25-2/h3-16H,17H2,1-2H3. The zero-order chi connectivity index (χ0) is 17.3. The van der Waals surface area contributed by atoms with Gasteiger partial charge in [-0.25, -0.2) is 0 Å². The van der Waals surface area contributed by atoms with Crippen LogP contribution in [0, 0.1) is 6.92 Å². The molecule has 124 valence electrons. The van der Waals surface area contributed by atoms with Crippen LogP contribution in [-0.4, -0.2) is 7.11 Å². The number of benzene rings is 3. The molecule has 0 bridgehead atoms. The third-order valence-corrected chi connectivity index (χ3v) is 5.27. The van der Waals surface area contributed by atoms with Crippen LogP contribution in [0.15, 0.2) is 78.9 Å². The van der Waals surface area contributed by atoms with E-state index in [2.05, 4.69) is 91.9 Å². The molecule has 4 rings (SSSR count). The molecule has 0 atom stereocenters. The first kappa shape index (κ1) is 15.7. The fourth-order valence-corrected chi connectivity index (χ4v) is 3.98. The van der Waals surface area contributed by atoms with Crippen LogP contribution in [-0.2, 0) is 11.8 Å². The lowest BCUT2D eigenvalue weighted by Gasteiger charge is -2.36. The van der Waals surface area contributed by atoms with Crippen molar-refractivity contribution < 1.29 is 4.74 Å². The Morgan fingerprint density at radius 3 is 1.96 bits per heavy atom. The lowest BCUT2D eigenvalue weighted by atomic mass is 9.67. The van der Waals surface area contributed by atoms with Crippen LogP contribution in [0.4, 0.5) is 0 Å². The summed E-state index contributed by atoms with van der Waals surface area (Å²) in [4.78, 5) is 0. The Balaban J connectivity index is 1.93. The van der Waals surface area contributed by atoms with E-state index in [4.69, 9.17) is 4.74 Å². The molecule has 1 nitrogen and oxygen atoms in total. The average molecular weight is 326 g/mol. The molecular weight excluding hydrogens is 304 g/mol. The number of aryl methyl sites for hydroxylation is 1. The van der Waals surface area contributed by atoms with Crippen molar-refractivity contribution in [3.63, 3.8) is 0 Å². The average Bonchev–Trinajstić information content (AvgIpc) is 2.69. The van der Waals surface area contributed by atoms with Gasteiger partial charge in [0.1, 0.15) is 5.75 Å². The largest absolute Gasteiger partial charge is 0.496 e. The molecule has 1 heteroatoms. The molecule has 0 saturated heterocycles. The van der Waals surface area contributed by atoms with Gasteiger partial charge in [0, 0.05) is 11.0 Å². The maximum absolute atomic E-state index is 5.67. The van der Waals surface area contributed by atoms with E-state index in [-0.39, 0.29) is 5.41 Å². The van der Waals surface area contributed by atoms with E-state index < -0.39 is 0 Å². The van der Waals surface area contributed by atoms with E-state index >= 15 is 0 Å². The van der Waals surface area contributed by atoms with Gasteiger partial charge in [-0.15, -0.1) is 0 Å². The Kier molecular flexibility index (Phi) is 3.93. The summed E-state index contributed by atoms with van der Waals surface area (Å²) < 4.78 is 5.67. The lowest BCUT2D eigenvalue weighted by Crippen LogP contribution is -2.30. The second kappa shape index (κ2) is 6.25. The van der Waals surface area contributed by atoms with Gasteiger partial charge in [0.15, 0.2) is 0 Å². The molecule has 3 aromatic carbocycles. The number of hydrogen-bond donors (Lipinski definition) is 0. The molecule has 1 aliphatic rings. The van der Waals surface area contributed by atoms with Crippen LogP contribution >= 0.6 is 0 Å². The summed E-state index contributed by atoms with van der Waals surface area (Å²) in [6.07, 6.45) is 5.52. The minimum Gasteiger partial charge on any atom is -0.496 e. The minimum absolute atomic E-state index is 0.143. The van der Waals surface area contributed by atoms with Gasteiger partial charge < -0.3 is 4.74 Å². The number of hydrogen-bond acceptors (Lipinski definition) is 1. The molecule has 0 saturated carbocycles. The number of rotatable bonds is 3. The highest BCUT2D eigenvalue weighted by molar-refractivity contribution is 5.70. The number of allylic oxidation sites excluding steroid dienone is 1. The smallest absolute Gasteiger partial charge is 0.129 e. The first-order chi connectivity index (χ1) is 12.2. The van der Waals surface area contributed by atoms with Gasteiger partial charge >= 0.3 is 0 Å². The molecule has 0 amide bonds. The van der Waals surface area contributed by atoms with Crippen LogP contribution in [0.5, 0.6) is 5.75 Å². The van der Waals surface area contributed by atoms with Crippen LogP contribution in [0.3, 0.4) is 0 Å². The van der Waals surface area contributed by atoms with Crippen molar-refractivity contribution in [1.29, 1.82) is 0 Å². The highest BCUT2D eigenvalue weighted by Crippen LogP contribution is 2.44. The topological polar surface area (TPSA) is 9.23 Å². The van der Waals surface area contributed by atoms with Crippen LogP contribution in [0.25, 0.3) is 6.08 Å². The van der Waals surface area contributed by atoms with Gasteiger partial charge in [-0.3, -0.25) is 0 Å². The molecule has 0 aliphatic heterocycles. The fourth-order valence-electron chi connectivity index (χ4n) is 3.98. The number of ether oxygens (including phenoxy) is 1. The Labute approximate surface area is 149 Å². The summed E-state index contributed by atoms with van der Waals surface area (Å²) in [7, 11) is 1.76. The Morgan fingerprint density at radius 2 is 1.40 bits per heavy atom. The van der Waals surface area contributed by atoms with E-state index in [0.717, 1.165) is 12.2 Å².